The molecule has 15 rings (SSSR count). The van der Waals surface area contributed by atoms with Crippen LogP contribution in [0.3, 0.4) is 0 Å². The predicted octanol–water partition coefficient (Wildman–Crippen LogP) is 18.5. The quantitative estimate of drug-likeness (QED) is 0.0564. The lowest BCUT2D eigenvalue weighted by Crippen LogP contribution is -2.04. The lowest BCUT2D eigenvalue weighted by molar-refractivity contribution is 0.308. The van der Waals surface area contributed by atoms with E-state index in [0.717, 1.165) is 116 Å². The van der Waals surface area contributed by atoms with Gasteiger partial charge in [0.15, 0.2) is 23.3 Å². The Morgan fingerprint density at radius 1 is 0.323 bits per heavy atom. The van der Waals surface area contributed by atoms with Crippen LogP contribution in [-0.2, 0) is 7.05 Å². The number of nitrogens with zero attached hydrogens (tertiary/aromatic N) is 7. The molecule has 93 heavy (non-hydrogen) atoms. The van der Waals surface area contributed by atoms with Gasteiger partial charge in [0, 0.05) is 50.1 Å². The molecule has 0 spiro atoms. The zero-order chi connectivity index (χ0) is 63.6. The van der Waals surface area contributed by atoms with Crippen LogP contribution in [0.15, 0.2) is 121 Å². The SMILES string of the molecule is CCCCOc1c2c(c(OCCCC)c3cc4ccccc4cc13)-c1nc-2nc2[nH]c(nc3nc(nc4c5c(OC)c6ccccc6c(OC)c5c(n1)n4C)-c1c-3c(OC)c3ccccc3c1OC)c1c(OCCCC)c3cc4ccccc4cc3c(OCCCC)c21. The molecule has 468 valence electrons. The van der Waals surface area contributed by atoms with Gasteiger partial charge in [-0.1, -0.05) is 150 Å². The van der Waals surface area contributed by atoms with E-state index >= 15 is 0 Å². The molecule has 8 bridgehead atoms. The van der Waals surface area contributed by atoms with Crippen molar-refractivity contribution in [1.82, 2.24) is 39.5 Å². The van der Waals surface area contributed by atoms with Gasteiger partial charge >= 0.3 is 0 Å². The zero-order valence-corrected chi connectivity index (χ0v) is 53.9. The molecule has 5 heterocycles. The number of unbranched alkanes of at least 4 members (excludes halogenated alkanes) is 4. The molecule has 0 radical (unpaired) electrons. The van der Waals surface area contributed by atoms with E-state index in [1.165, 1.54) is 0 Å². The number of hydrogen-bond donors (Lipinski definition) is 1. The summed E-state index contributed by atoms with van der Waals surface area (Å²) in [4.78, 5) is 38.4. The number of H-pyrrole nitrogens is 1. The van der Waals surface area contributed by atoms with Crippen LogP contribution in [0.4, 0.5) is 0 Å². The number of rotatable bonds is 20. The molecule has 0 saturated carbocycles. The summed E-state index contributed by atoms with van der Waals surface area (Å²) >= 11 is 0. The van der Waals surface area contributed by atoms with Crippen LogP contribution in [0.1, 0.15) is 79.1 Å². The van der Waals surface area contributed by atoms with E-state index in [1.807, 2.05) is 60.1 Å². The Morgan fingerprint density at radius 2 is 0.613 bits per heavy atom. The maximum Gasteiger partial charge on any atom is 0.168 e. The molecule has 0 atom stereocenters. The first-order valence-electron chi connectivity index (χ1n) is 32.4. The first-order chi connectivity index (χ1) is 45.7. The van der Waals surface area contributed by atoms with Crippen molar-refractivity contribution in [3.63, 3.8) is 0 Å². The van der Waals surface area contributed by atoms with Gasteiger partial charge < -0.3 is 47.4 Å². The fourth-order valence-corrected chi connectivity index (χ4v) is 13.7. The molecule has 10 aromatic carbocycles. The first kappa shape index (κ1) is 58.9. The average Bonchev–Trinajstić information content (AvgIpc) is 1.62. The summed E-state index contributed by atoms with van der Waals surface area (Å²) < 4.78 is 57.2. The largest absolute Gasteiger partial charge is 0.495 e. The van der Waals surface area contributed by atoms with Crippen LogP contribution in [0.2, 0.25) is 0 Å². The molecule has 13 aromatic rings. The third-order valence-electron chi connectivity index (χ3n) is 18.2. The highest BCUT2D eigenvalue weighted by atomic mass is 16.5. The fourth-order valence-electron chi connectivity index (χ4n) is 13.7. The summed E-state index contributed by atoms with van der Waals surface area (Å²) in [6.07, 6.45) is 6.83. The minimum atomic E-state index is 0.301. The number of aromatic nitrogens is 8. The van der Waals surface area contributed by atoms with Gasteiger partial charge in [-0.25, -0.2) is 29.9 Å². The van der Waals surface area contributed by atoms with Crippen LogP contribution in [0.25, 0.3) is 154 Å². The second kappa shape index (κ2) is 24.3. The summed E-state index contributed by atoms with van der Waals surface area (Å²) in [5.74, 6) is 5.93. The number of ether oxygens (including phenoxy) is 8. The van der Waals surface area contributed by atoms with E-state index in [2.05, 4.69) is 105 Å². The van der Waals surface area contributed by atoms with Crippen molar-refractivity contribution in [3.8, 4) is 91.5 Å². The Bertz CT molecular complexity index is 5390. The molecular formula is C77H72N8O8. The number of benzene rings is 10. The van der Waals surface area contributed by atoms with Gasteiger partial charge in [-0.2, -0.15) is 0 Å². The van der Waals surface area contributed by atoms with Gasteiger partial charge in [0.2, 0.25) is 0 Å². The summed E-state index contributed by atoms with van der Waals surface area (Å²) in [6, 6.07) is 41.7. The van der Waals surface area contributed by atoms with Crippen molar-refractivity contribution in [1.29, 1.82) is 0 Å². The van der Waals surface area contributed by atoms with E-state index in [0.29, 0.717) is 162 Å². The third kappa shape index (κ3) is 9.45. The Hall–Kier alpha value is -10.5. The topological polar surface area (TPSA) is 172 Å². The van der Waals surface area contributed by atoms with Gasteiger partial charge in [0.1, 0.15) is 68.6 Å². The number of aryl methyl sites for hydroxylation is 1. The van der Waals surface area contributed by atoms with Gasteiger partial charge in [0.25, 0.3) is 0 Å². The van der Waals surface area contributed by atoms with Crippen molar-refractivity contribution < 1.29 is 37.9 Å². The van der Waals surface area contributed by atoms with Crippen molar-refractivity contribution in [3.05, 3.63) is 121 Å². The molecule has 0 aliphatic carbocycles. The van der Waals surface area contributed by atoms with Crippen molar-refractivity contribution >= 4 is 109 Å². The van der Waals surface area contributed by atoms with E-state index in [4.69, 9.17) is 67.8 Å². The normalized spacial score (nSPS) is 12.0. The van der Waals surface area contributed by atoms with Gasteiger partial charge in [-0.05, 0) is 71.5 Å². The van der Waals surface area contributed by atoms with Crippen LogP contribution < -0.4 is 37.9 Å². The number of methoxy groups -OCH3 is 4. The van der Waals surface area contributed by atoms with Gasteiger partial charge in [-0.3, -0.25) is 0 Å². The summed E-state index contributed by atoms with van der Waals surface area (Å²) in [6.45, 7) is 10.4. The molecule has 0 saturated heterocycles. The molecule has 3 aromatic heterocycles. The number of hydrogen-bond acceptors (Lipinski definition) is 14. The second-order valence-corrected chi connectivity index (χ2v) is 23.8. The molecule has 16 heteroatoms. The van der Waals surface area contributed by atoms with Crippen LogP contribution in [-0.4, -0.2) is 94.3 Å². The van der Waals surface area contributed by atoms with Crippen molar-refractivity contribution in [2.24, 2.45) is 7.05 Å². The maximum absolute atomic E-state index is 7.25. The van der Waals surface area contributed by atoms with E-state index in [9.17, 15) is 0 Å². The minimum Gasteiger partial charge on any atom is -0.495 e. The third-order valence-corrected chi connectivity index (χ3v) is 18.2. The Morgan fingerprint density at radius 3 is 0.946 bits per heavy atom. The van der Waals surface area contributed by atoms with Gasteiger partial charge in [0.05, 0.1) is 98.7 Å². The number of fused-ring (bicyclic) bond motifs is 26. The number of nitrogens with one attached hydrogen (secondary N) is 1. The van der Waals surface area contributed by atoms with Crippen LogP contribution in [0, 0.1) is 0 Å². The highest BCUT2D eigenvalue weighted by molar-refractivity contribution is 6.24. The zero-order valence-electron chi connectivity index (χ0n) is 53.9. The second-order valence-electron chi connectivity index (χ2n) is 23.8. The predicted molar refractivity (Wildman–Crippen MR) is 374 cm³/mol. The Labute approximate surface area is 537 Å². The Balaban J connectivity index is 1.24. The minimum absolute atomic E-state index is 0.301. The molecule has 0 amide bonds. The van der Waals surface area contributed by atoms with Crippen LogP contribution >= 0.6 is 0 Å². The standard InChI is InChI=1S/C77H72N8O8/c1-10-14-34-90-66-50-38-42-26-18-19-27-43(42)39-51(50)67(91-35-15-11-2)57-56(66)71-78-70-54-55(63(87-7)47-31-23-22-30-46(47)62(54)86-6)74(81-70)83-76-60-61(65(89-9)49-33-25-24-32-48(49)64(60)88-8)77(85(76)5)84-75-59-58(73(82-75)80-72(57)79-71)68(92-36-16-12-3)52-40-44-28-20-21-29-45(44)41-53(52)69(59)93-37-17-13-4/h18-33,38-41H,10-17,34-37H2,1-9H3,(H,78,79,80,81,82,83,84). The average molecular weight is 1240 g/mol. The molecule has 0 fully saturated rings. The molecule has 0 unspecified atom stereocenters. The van der Waals surface area contributed by atoms with E-state index in [-0.39, 0.29) is 0 Å². The number of aromatic amines is 1. The Kier molecular flexibility index (Phi) is 15.4. The molecular weight excluding hydrogens is 1160 g/mol. The van der Waals surface area contributed by atoms with Crippen molar-refractivity contribution in [2.45, 2.75) is 79.1 Å². The highest BCUT2D eigenvalue weighted by Crippen LogP contribution is 2.57. The molecule has 16 nitrogen and oxygen atoms in total. The van der Waals surface area contributed by atoms with E-state index < -0.39 is 0 Å². The van der Waals surface area contributed by atoms with Crippen LogP contribution in [0.5, 0.6) is 46.0 Å². The van der Waals surface area contributed by atoms with Gasteiger partial charge in [-0.15, -0.1) is 0 Å². The van der Waals surface area contributed by atoms with E-state index in [1.54, 1.807) is 28.4 Å². The highest BCUT2D eigenvalue weighted by Gasteiger charge is 2.36. The lowest BCUT2D eigenvalue weighted by atomic mass is 9.95. The smallest absolute Gasteiger partial charge is 0.168 e. The maximum atomic E-state index is 7.25. The molecule has 1 N–H and O–H groups in total. The first-order valence-corrected chi connectivity index (χ1v) is 32.4. The summed E-state index contributed by atoms with van der Waals surface area (Å²) in [5.41, 5.74) is 4.15. The molecule has 2 aliphatic heterocycles. The summed E-state index contributed by atoms with van der Waals surface area (Å²) in [5, 5.41) is 13.4. The molecule has 2 aliphatic rings. The fraction of sp³-hybridized carbons (Fsp3) is 0.273. The monoisotopic (exact) mass is 1240 g/mol. The summed E-state index contributed by atoms with van der Waals surface area (Å²) in [7, 11) is 8.66. The lowest BCUT2D eigenvalue weighted by Gasteiger charge is -2.19. The van der Waals surface area contributed by atoms with Crippen molar-refractivity contribution in [2.75, 3.05) is 54.9 Å².